The summed E-state index contributed by atoms with van der Waals surface area (Å²) < 4.78 is 4.83. The minimum atomic E-state index is -1.15. The average Bonchev–Trinajstić information content (AvgIpc) is 2.19. The predicted octanol–water partition coefficient (Wildman–Crippen LogP) is -0.909. The lowest BCUT2D eigenvalue weighted by molar-refractivity contribution is -0.0434. The maximum Gasteiger partial charge on any atom is 0.493 e. The van der Waals surface area contributed by atoms with Crippen LogP contribution in [0.2, 0.25) is 0 Å². The molecule has 0 aliphatic carbocycles. The van der Waals surface area contributed by atoms with Gasteiger partial charge in [-0.25, -0.2) is 0 Å². The second kappa shape index (κ2) is 5.77. The van der Waals surface area contributed by atoms with Gasteiger partial charge in [0.25, 0.3) is 0 Å². The molecular formula is C9H13BO4. The zero-order valence-corrected chi connectivity index (χ0v) is 7.71. The zero-order valence-electron chi connectivity index (χ0n) is 7.71. The smallest absolute Gasteiger partial charge is 0.423 e. The second-order valence-electron chi connectivity index (χ2n) is 2.87. The third kappa shape index (κ3) is 3.47. The molecule has 1 rings (SSSR count). The SMILES string of the molecule is OCCC(O)OB(O)c1ccccc1. The summed E-state index contributed by atoms with van der Waals surface area (Å²) in [6.45, 7) is -0.178. The molecule has 0 amide bonds. The molecule has 5 heteroatoms. The molecule has 1 unspecified atom stereocenters. The van der Waals surface area contributed by atoms with Crippen molar-refractivity contribution in [1.82, 2.24) is 0 Å². The van der Waals surface area contributed by atoms with E-state index >= 15 is 0 Å². The highest BCUT2D eigenvalue weighted by atomic mass is 16.6. The average molecular weight is 196 g/mol. The fourth-order valence-corrected chi connectivity index (χ4v) is 1.02. The van der Waals surface area contributed by atoms with Crippen molar-refractivity contribution in [2.24, 2.45) is 0 Å². The summed E-state index contributed by atoms with van der Waals surface area (Å²) in [5.41, 5.74) is 0.574. The molecule has 0 spiro atoms. The maximum absolute atomic E-state index is 9.45. The van der Waals surface area contributed by atoms with Crippen molar-refractivity contribution in [3.05, 3.63) is 30.3 Å². The number of aliphatic hydroxyl groups excluding tert-OH is 2. The van der Waals surface area contributed by atoms with Gasteiger partial charge < -0.3 is 19.9 Å². The van der Waals surface area contributed by atoms with Gasteiger partial charge in [-0.3, -0.25) is 0 Å². The molecule has 76 valence electrons. The van der Waals surface area contributed by atoms with Crippen LogP contribution in [0.5, 0.6) is 0 Å². The Morgan fingerprint density at radius 3 is 2.50 bits per heavy atom. The lowest BCUT2D eigenvalue weighted by Crippen LogP contribution is -2.37. The molecular weight excluding hydrogens is 183 g/mol. The van der Waals surface area contributed by atoms with Gasteiger partial charge in [-0.05, 0) is 5.46 Å². The molecule has 0 fully saturated rings. The van der Waals surface area contributed by atoms with Crippen LogP contribution in [0, 0.1) is 0 Å². The van der Waals surface area contributed by atoms with E-state index in [1.165, 1.54) is 0 Å². The second-order valence-corrected chi connectivity index (χ2v) is 2.87. The summed E-state index contributed by atoms with van der Waals surface area (Å²) in [4.78, 5) is 0. The Labute approximate surface area is 82.9 Å². The first-order valence-corrected chi connectivity index (χ1v) is 4.41. The van der Waals surface area contributed by atoms with Gasteiger partial charge >= 0.3 is 7.12 Å². The summed E-state index contributed by atoms with van der Waals surface area (Å²) >= 11 is 0. The third-order valence-corrected chi connectivity index (χ3v) is 1.75. The zero-order chi connectivity index (χ0) is 10.4. The molecule has 14 heavy (non-hydrogen) atoms. The monoisotopic (exact) mass is 196 g/mol. The van der Waals surface area contributed by atoms with E-state index in [1.54, 1.807) is 24.3 Å². The Morgan fingerprint density at radius 1 is 1.29 bits per heavy atom. The van der Waals surface area contributed by atoms with Crippen molar-refractivity contribution in [2.45, 2.75) is 12.7 Å². The van der Waals surface area contributed by atoms with E-state index in [0.29, 0.717) is 5.46 Å². The van der Waals surface area contributed by atoms with Crippen LogP contribution in [0.25, 0.3) is 0 Å². The van der Waals surface area contributed by atoms with E-state index < -0.39 is 13.4 Å². The first-order valence-electron chi connectivity index (χ1n) is 4.41. The molecule has 1 aromatic carbocycles. The van der Waals surface area contributed by atoms with E-state index in [1.807, 2.05) is 6.07 Å². The largest absolute Gasteiger partial charge is 0.493 e. The van der Waals surface area contributed by atoms with Gasteiger partial charge in [-0.2, -0.15) is 0 Å². The van der Waals surface area contributed by atoms with Crippen LogP contribution in [0.15, 0.2) is 30.3 Å². The normalized spacial score (nSPS) is 12.5. The summed E-state index contributed by atoms with van der Waals surface area (Å²) in [5.74, 6) is 0. The molecule has 3 N–H and O–H groups in total. The van der Waals surface area contributed by atoms with E-state index in [2.05, 4.69) is 0 Å². The van der Waals surface area contributed by atoms with E-state index in [-0.39, 0.29) is 13.0 Å². The van der Waals surface area contributed by atoms with Crippen molar-refractivity contribution in [2.75, 3.05) is 6.61 Å². The predicted molar refractivity (Wildman–Crippen MR) is 52.8 cm³/mol. The Kier molecular flexibility index (Phi) is 4.62. The van der Waals surface area contributed by atoms with Crippen molar-refractivity contribution in [3.8, 4) is 0 Å². The van der Waals surface area contributed by atoms with E-state index in [0.717, 1.165) is 0 Å². The molecule has 0 saturated carbocycles. The summed E-state index contributed by atoms with van der Waals surface area (Å²) in [5, 5.41) is 27.1. The first kappa shape index (κ1) is 11.2. The highest BCUT2D eigenvalue weighted by molar-refractivity contribution is 6.59. The molecule has 0 radical (unpaired) electrons. The fourth-order valence-electron chi connectivity index (χ4n) is 1.02. The molecule has 0 aliphatic heterocycles. The van der Waals surface area contributed by atoms with Gasteiger partial charge in [0.15, 0.2) is 0 Å². The lowest BCUT2D eigenvalue weighted by atomic mass is 9.79. The van der Waals surface area contributed by atoms with Gasteiger partial charge in [0, 0.05) is 13.0 Å². The van der Waals surface area contributed by atoms with Crippen LogP contribution in [0.4, 0.5) is 0 Å². The first-order chi connectivity index (χ1) is 6.74. The Balaban J connectivity index is 2.46. The summed E-state index contributed by atoms with van der Waals surface area (Å²) in [6, 6.07) is 8.73. The minimum Gasteiger partial charge on any atom is -0.423 e. The van der Waals surface area contributed by atoms with Gasteiger partial charge in [-0.15, -0.1) is 0 Å². The quantitative estimate of drug-likeness (QED) is 0.421. The van der Waals surface area contributed by atoms with Crippen molar-refractivity contribution in [1.29, 1.82) is 0 Å². The minimum absolute atomic E-state index is 0.0872. The van der Waals surface area contributed by atoms with E-state index in [4.69, 9.17) is 14.9 Å². The van der Waals surface area contributed by atoms with Gasteiger partial charge in [0.1, 0.15) is 6.29 Å². The van der Waals surface area contributed by atoms with Crippen LogP contribution >= 0.6 is 0 Å². The third-order valence-electron chi connectivity index (χ3n) is 1.75. The Morgan fingerprint density at radius 2 is 1.93 bits per heavy atom. The molecule has 0 aliphatic rings. The van der Waals surface area contributed by atoms with Crippen LogP contribution in [-0.2, 0) is 4.65 Å². The van der Waals surface area contributed by atoms with Gasteiger partial charge in [0.05, 0.1) is 0 Å². The van der Waals surface area contributed by atoms with Crippen LogP contribution < -0.4 is 5.46 Å². The molecule has 0 bridgehead atoms. The molecule has 4 nitrogen and oxygen atoms in total. The standard InChI is InChI=1S/C9H13BO4/c11-7-6-9(12)14-10(13)8-4-2-1-3-5-8/h1-5,9,11-13H,6-7H2. The number of benzene rings is 1. The number of hydrogen-bond acceptors (Lipinski definition) is 4. The van der Waals surface area contributed by atoms with Crippen molar-refractivity contribution in [3.63, 3.8) is 0 Å². The number of hydrogen-bond donors (Lipinski definition) is 3. The van der Waals surface area contributed by atoms with Crippen LogP contribution in [0.1, 0.15) is 6.42 Å². The molecule has 1 atom stereocenters. The topological polar surface area (TPSA) is 69.9 Å². The molecule has 1 aromatic rings. The molecule has 0 aromatic heterocycles. The van der Waals surface area contributed by atoms with Gasteiger partial charge in [0.2, 0.25) is 0 Å². The summed E-state index contributed by atoms with van der Waals surface area (Å²) in [6.07, 6.45) is -1.06. The molecule has 0 heterocycles. The lowest BCUT2D eigenvalue weighted by Gasteiger charge is -2.13. The Hall–Kier alpha value is -0.875. The maximum atomic E-state index is 9.45. The van der Waals surface area contributed by atoms with Crippen molar-refractivity contribution < 1.29 is 19.9 Å². The van der Waals surface area contributed by atoms with Crippen LogP contribution in [0.3, 0.4) is 0 Å². The van der Waals surface area contributed by atoms with Crippen molar-refractivity contribution >= 4 is 12.6 Å². The number of rotatable bonds is 5. The Bertz CT molecular complexity index is 254. The van der Waals surface area contributed by atoms with Gasteiger partial charge in [-0.1, -0.05) is 30.3 Å². The summed E-state index contributed by atoms with van der Waals surface area (Å²) in [7, 11) is -1.15. The van der Waals surface area contributed by atoms with Crippen LogP contribution in [-0.4, -0.2) is 35.3 Å². The number of aliphatic hydroxyl groups is 2. The highest BCUT2D eigenvalue weighted by Gasteiger charge is 2.19. The highest BCUT2D eigenvalue weighted by Crippen LogP contribution is 1.96. The molecule has 0 saturated heterocycles. The van der Waals surface area contributed by atoms with E-state index in [9.17, 15) is 5.02 Å². The fraction of sp³-hybridized carbons (Fsp3) is 0.333.